The molecule has 11 heteroatoms. The summed E-state index contributed by atoms with van der Waals surface area (Å²) in [6.07, 6.45) is -3.14. The van der Waals surface area contributed by atoms with E-state index in [4.69, 9.17) is 9.97 Å². The molecule has 38 heavy (non-hydrogen) atoms. The molecule has 1 aliphatic rings. The van der Waals surface area contributed by atoms with Crippen LogP contribution in [0.15, 0.2) is 59.5 Å². The number of nitrogens with zero attached hydrogens (tertiary/aromatic N) is 4. The molecule has 0 bridgehead atoms. The van der Waals surface area contributed by atoms with Crippen LogP contribution in [0.4, 0.5) is 19.0 Å². The fourth-order valence-corrected chi connectivity index (χ4v) is 7.15. The van der Waals surface area contributed by atoms with Gasteiger partial charge in [-0.15, -0.1) is 11.3 Å². The average molecular weight is 561 g/mol. The average Bonchev–Trinajstić information content (AvgIpc) is 3.20. The van der Waals surface area contributed by atoms with Crippen molar-refractivity contribution >= 4 is 37.4 Å². The van der Waals surface area contributed by atoms with Crippen LogP contribution in [0.25, 0.3) is 10.2 Å². The van der Waals surface area contributed by atoms with Gasteiger partial charge in [0.2, 0.25) is 10.0 Å². The number of thiophene rings is 1. The number of aryl methyl sites for hydroxylation is 4. The molecule has 1 aliphatic heterocycles. The Labute approximate surface area is 223 Å². The molecule has 3 heterocycles. The van der Waals surface area contributed by atoms with Crippen molar-refractivity contribution in [2.45, 2.75) is 37.8 Å². The van der Waals surface area contributed by atoms with Crippen LogP contribution in [0.3, 0.4) is 0 Å². The number of hydrogen-bond donors (Lipinski definition) is 0. The van der Waals surface area contributed by atoms with Gasteiger partial charge in [0.1, 0.15) is 16.5 Å². The fourth-order valence-electron chi connectivity index (χ4n) is 4.64. The lowest BCUT2D eigenvalue weighted by Gasteiger charge is -2.35. The van der Waals surface area contributed by atoms with Crippen LogP contribution in [0.5, 0.6) is 0 Å². The van der Waals surface area contributed by atoms with Crippen molar-refractivity contribution in [1.29, 1.82) is 0 Å². The van der Waals surface area contributed by atoms with E-state index in [9.17, 15) is 21.6 Å². The maximum absolute atomic E-state index is 13.2. The van der Waals surface area contributed by atoms with E-state index in [2.05, 4.69) is 24.0 Å². The summed E-state index contributed by atoms with van der Waals surface area (Å²) in [5, 5.41) is 0.977. The Bertz CT molecular complexity index is 1560. The first kappa shape index (κ1) is 26.6. The molecule has 0 radical (unpaired) electrons. The normalized spacial score (nSPS) is 15.3. The van der Waals surface area contributed by atoms with Gasteiger partial charge in [0, 0.05) is 37.5 Å². The van der Waals surface area contributed by atoms with E-state index in [1.165, 1.54) is 15.9 Å². The van der Waals surface area contributed by atoms with Gasteiger partial charge < -0.3 is 4.90 Å². The summed E-state index contributed by atoms with van der Waals surface area (Å²) in [6, 6.07) is 14.0. The van der Waals surface area contributed by atoms with E-state index in [1.807, 2.05) is 25.1 Å². The van der Waals surface area contributed by atoms with Gasteiger partial charge in [0.25, 0.3) is 0 Å². The van der Waals surface area contributed by atoms with E-state index in [-0.39, 0.29) is 18.0 Å². The Morgan fingerprint density at radius 1 is 0.921 bits per heavy atom. The second kappa shape index (κ2) is 10.3. The van der Waals surface area contributed by atoms with Gasteiger partial charge in [-0.3, -0.25) is 0 Å². The van der Waals surface area contributed by atoms with Gasteiger partial charge in [0.15, 0.2) is 0 Å². The van der Waals surface area contributed by atoms with Gasteiger partial charge in [-0.25, -0.2) is 18.4 Å². The van der Waals surface area contributed by atoms with Crippen molar-refractivity contribution < 1.29 is 21.6 Å². The number of fused-ring (bicyclic) bond motifs is 1. The summed E-state index contributed by atoms with van der Waals surface area (Å²) >= 11 is 1.62. The number of halogens is 3. The molecule has 0 spiro atoms. The molecule has 0 atom stereocenters. The quantitative estimate of drug-likeness (QED) is 0.306. The van der Waals surface area contributed by atoms with Crippen LogP contribution < -0.4 is 4.90 Å². The summed E-state index contributed by atoms with van der Waals surface area (Å²) in [5.41, 5.74) is 1.32. The molecule has 2 aromatic heterocycles. The number of rotatable bonds is 6. The molecular formula is C27H27F3N4O2S2. The Morgan fingerprint density at radius 2 is 1.63 bits per heavy atom. The zero-order valence-corrected chi connectivity index (χ0v) is 22.6. The molecule has 200 valence electrons. The summed E-state index contributed by atoms with van der Waals surface area (Å²) < 4.78 is 67.1. The predicted octanol–water partition coefficient (Wildman–Crippen LogP) is 5.62. The molecule has 0 aliphatic carbocycles. The first-order valence-corrected chi connectivity index (χ1v) is 14.5. The number of hydrogen-bond acceptors (Lipinski definition) is 6. The third kappa shape index (κ3) is 5.27. The Kier molecular flexibility index (Phi) is 7.19. The Hall–Kier alpha value is -3.02. The SMILES string of the molecule is Cc1sc2nc(CCc3ccccc3)nc(N3CCN(S(=O)(=O)c4cccc(C(F)(F)F)c4)CC3)c2c1C. The van der Waals surface area contributed by atoms with Crippen molar-refractivity contribution in [3.05, 3.63) is 82.0 Å². The molecule has 1 fully saturated rings. The highest BCUT2D eigenvalue weighted by Crippen LogP contribution is 2.36. The highest BCUT2D eigenvalue weighted by molar-refractivity contribution is 7.89. The maximum Gasteiger partial charge on any atom is 0.416 e. The molecule has 1 saturated heterocycles. The van der Waals surface area contributed by atoms with Crippen LogP contribution >= 0.6 is 11.3 Å². The van der Waals surface area contributed by atoms with Gasteiger partial charge in [-0.05, 0) is 49.6 Å². The number of aromatic nitrogens is 2. The van der Waals surface area contributed by atoms with E-state index < -0.39 is 21.8 Å². The zero-order valence-electron chi connectivity index (χ0n) is 21.0. The third-order valence-corrected chi connectivity index (χ3v) is 9.87. The molecule has 0 amide bonds. The Balaban J connectivity index is 1.39. The zero-order chi connectivity index (χ0) is 27.1. The second-order valence-electron chi connectivity index (χ2n) is 9.33. The van der Waals surface area contributed by atoms with Gasteiger partial charge >= 0.3 is 6.18 Å². The second-order valence-corrected chi connectivity index (χ2v) is 12.5. The van der Waals surface area contributed by atoms with Crippen molar-refractivity contribution in [2.75, 3.05) is 31.1 Å². The molecule has 0 unspecified atom stereocenters. The number of sulfonamides is 1. The summed E-state index contributed by atoms with van der Waals surface area (Å²) in [4.78, 5) is 13.5. The molecule has 5 rings (SSSR count). The molecular weight excluding hydrogens is 533 g/mol. The molecule has 4 aromatic rings. The lowest BCUT2D eigenvalue weighted by atomic mass is 10.1. The first-order chi connectivity index (χ1) is 18.0. The molecule has 0 N–H and O–H groups in total. The van der Waals surface area contributed by atoms with Gasteiger partial charge in [-0.1, -0.05) is 36.4 Å². The predicted molar refractivity (Wildman–Crippen MR) is 143 cm³/mol. The van der Waals surface area contributed by atoms with Crippen molar-refractivity contribution in [3.8, 4) is 0 Å². The van der Waals surface area contributed by atoms with Crippen LogP contribution in [0, 0.1) is 13.8 Å². The topological polar surface area (TPSA) is 66.4 Å². The summed E-state index contributed by atoms with van der Waals surface area (Å²) in [5.74, 6) is 1.52. The lowest BCUT2D eigenvalue weighted by molar-refractivity contribution is -0.137. The molecule has 6 nitrogen and oxygen atoms in total. The van der Waals surface area contributed by atoms with Crippen molar-refractivity contribution in [3.63, 3.8) is 0 Å². The highest BCUT2D eigenvalue weighted by Gasteiger charge is 2.34. The van der Waals surface area contributed by atoms with Crippen molar-refractivity contribution in [1.82, 2.24) is 14.3 Å². The van der Waals surface area contributed by atoms with E-state index in [0.29, 0.717) is 25.6 Å². The summed E-state index contributed by atoms with van der Waals surface area (Å²) in [6.45, 7) is 5.12. The van der Waals surface area contributed by atoms with E-state index >= 15 is 0 Å². The van der Waals surface area contributed by atoms with Crippen LogP contribution in [0.2, 0.25) is 0 Å². The van der Waals surface area contributed by atoms with Crippen molar-refractivity contribution in [2.24, 2.45) is 0 Å². The standard InChI is InChI=1S/C27H27F3N4O2S2/c1-18-19(2)37-26-24(18)25(31-23(32-26)12-11-20-7-4-3-5-8-20)33-13-15-34(16-14-33)38(35,36)22-10-6-9-21(17-22)27(28,29)30/h3-10,17H,11-16H2,1-2H3. The monoisotopic (exact) mass is 560 g/mol. The smallest absolute Gasteiger partial charge is 0.353 e. The number of benzene rings is 2. The summed E-state index contributed by atoms with van der Waals surface area (Å²) in [7, 11) is -4.07. The Morgan fingerprint density at radius 3 is 2.32 bits per heavy atom. The van der Waals surface area contributed by atoms with Gasteiger partial charge in [0.05, 0.1) is 15.8 Å². The number of alkyl halides is 3. The minimum atomic E-state index is -4.61. The lowest BCUT2D eigenvalue weighted by Crippen LogP contribution is -2.49. The number of piperazine rings is 1. The van der Waals surface area contributed by atoms with E-state index in [0.717, 1.165) is 50.9 Å². The van der Waals surface area contributed by atoms with Crippen LogP contribution in [-0.4, -0.2) is 48.9 Å². The van der Waals surface area contributed by atoms with Gasteiger partial charge in [-0.2, -0.15) is 17.5 Å². The van der Waals surface area contributed by atoms with E-state index in [1.54, 1.807) is 11.3 Å². The molecule has 0 saturated carbocycles. The highest BCUT2D eigenvalue weighted by atomic mass is 32.2. The van der Waals surface area contributed by atoms with Crippen LogP contribution in [-0.2, 0) is 29.0 Å². The molecule has 2 aromatic carbocycles. The fraction of sp³-hybridized carbons (Fsp3) is 0.333. The minimum Gasteiger partial charge on any atom is -0.353 e. The third-order valence-electron chi connectivity index (χ3n) is 6.87. The first-order valence-electron chi connectivity index (χ1n) is 12.3. The minimum absolute atomic E-state index is 0.144. The van der Waals surface area contributed by atoms with Crippen LogP contribution in [0.1, 0.15) is 27.4 Å². The maximum atomic E-state index is 13.2. The largest absolute Gasteiger partial charge is 0.416 e. The number of anilines is 1.